The zero-order valence-corrected chi connectivity index (χ0v) is 10.7. The molecule has 2 rings (SSSR count). The molecule has 0 radical (unpaired) electrons. The Morgan fingerprint density at radius 2 is 1.89 bits per heavy atom. The molecular weight excluding hydrogens is 250 g/mol. The van der Waals surface area contributed by atoms with Gasteiger partial charge in [0.1, 0.15) is 17.5 Å². The van der Waals surface area contributed by atoms with Crippen molar-refractivity contribution in [3.05, 3.63) is 46.8 Å². The molecule has 6 heteroatoms. The Bertz CT molecular complexity index is 614. The van der Waals surface area contributed by atoms with Gasteiger partial charge in [0, 0.05) is 12.1 Å². The van der Waals surface area contributed by atoms with Crippen LogP contribution in [0.5, 0.6) is 0 Å². The Kier molecular flexibility index (Phi) is 3.59. The highest BCUT2D eigenvalue weighted by Gasteiger charge is 2.07. The SMILES string of the molecule is Cc1nc(N)c(C)c(NCc2ccc(F)c(F)c2)n1. The molecular formula is C13H14F2N4. The summed E-state index contributed by atoms with van der Waals surface area (Å²) in [5.74, 6) is -0.178. The fraction of sp³-hybridized carbons (Fsp3) is 0.231. The van der Waals surface area contributed by atoms with Gasteiger partial charge in [-0.2, -0.15) is 0 Å². The lowest BCUT2D eigenvalue weighted by Gasteiger charge is -2.11. The van der Waals surface area contributed by atoms with Crippen molar-refractivity contribution in [2.75, 3.05) is 11.1 Å². The second-order valence-corrected chi connectivity index (χ2v) is 4.23. The van der Waals surface area contributed by atoms with Gasteiger partial charge in [-0.3, -0.25) is 0 Å². The molecule has 19 heavy (non-hydrogen) atoms. The molecule has 2 aromatic rings. The monoisotopic (exact) mass is 264 g/mol. The predicted octanol–water partition coefficient (Wildman–Crippen LogP) is 2.57. The fourth-order valence-electron chi connectivity index (χ4n) is 1.66. The van der Waals surface area contributed by atoms with Crippen LogP contribution in [0.3, 0.4) is 0 Å². The van der Waals surface area contributed by atoms with Gasteiger partial charge in [0.15, 0.2) is 11.6 Å². The van der Waals surface area contributed by atoms with Gasteiger partial charge in [0.05, 0.1) is 0 Å². The first-order chi connectivity index (χ1) is 8.97. The Labute approximate surface area is 109 Å². The first-order valence-corrected chi connectivity index (χ1v) is 5.76. The quantitative estimate of drug-likeness (QED) is 0.894. The Balaban J connectivity index is 2.16. The van der Waals surface area contributed by atoms with Crippen LogP contribution in [0.1, 0.15) is 17.0 Å². The van der Waals surface area contributed by atoms with Crippen LogP contribution in [0, 0.1) is 25.5 Å². The van der Waals surface area contributed by atoms with Gasteiger partial charge in [0.25, 0.3) is 0 Å². The molecule has 0 bridgehead atoms. The largest absolute Gasteiger partial charge is 0.383 e. The normalized spacial score (nSPS) is 10.5. The smallest absolute Gasteiger partial charge is 0.159 e. The van der Waals surface area contributed by atoms with Gasteiger partial charge in [-0.15, -0.1) is 0 Å². The number of benzene rings is 1. The van der Waals surface area contributed by atoms with Gasteiger partial charge in [0.2, 0.25) is 0 Å². The second kappa shape index (κ2) is 5.17. The standard InChI is InChI=1S/C13H14F2N4/c1-7-12(16)18-8(2)19-13(7)17-6-9-3-4-10(14)11(15)5-9/h3-5H,6H2,1-2H3,(H3,16,17,18,19). The first-order valence-electron chi connectivity index (χ1n) is 5.76. The third-order valence-corrected chi connectivity index (χ3v) is 2.74. The predicted molar refractivity (Wildman–Crippen MR) is 69.6 cm³/mol. The van der Waals surface area contributed by atoms with Crippen molar-refractivity contribution in [3.63, 3.8) is 0 Å². The van der Waals surface area contributed by atoms with E-state index in [9.17, 15) is 8.78 Å². The molecule has 1 heterocycles. The number of anilines is 2. The van der Waals surface area contributed by atoms with Crippen molar-refractivity contribution < 1.29 is 8.78 Å². The lowest BCUT2D eigenvalue weighted by atomic mass is 10.2. The number of halogens is 2. The molecule has 0 aliphatic carbocycles. The number of nitrogens with one attached hydrogen (secondary N) is 1. The van der Waals surface area contributed by atoms with Crippen molar-refractivity contribution in [1.29, 1.82) is 0 Å². The van der Waals surface area contributed by atoms with Crippen LogP contribution in [0.15, 0.2) is 18.2 Å². The Morgan fingerprint density at radius 3 is 2.58 bits per heavy atom. The maximum absolute atomic E-state index is 13.1. The van der Waals surface area contributed by atoms with Gasteiger partial charge < -0.3 is 11.1 Å². The summed E-state index contributed by atoms with van der Waals surface area (Å²) in [5, 5.41) is 3.04. The number of aryl methyl sites for hydroxylation is 1. The van der Waals surface area contributed by atoms with E-state index in [1.54, 1.807) is 13.8 Å². The zero-order valence-electron chi connectivity index (χ0n) is 10.7. The Morgan fingerprint density at radius 1 is 1.16 bits per heavy atom. The molecule has 1 aromatic heterocycles. The number of hydrogen-bond acceptors (Lipinski definition) is 4. The fourth-order valence-corrected chi connectivity index (χ4v) is 1.66. The van der Waals surface area contributed by atoms with Gasteiger partial charge in [-0.25, -0.2) is 18.7 Å². The van der Waals surface area contributed by atoms with E-state index < -0.39 is 11.6 Å². The Hall–Kier alpha value is -2.24. The van der Waals surface area contributed by atoms with E-state index >= 15 is 0 Å². The first kappa shape index (κ1) is 13.2. The molecule has 0 unspecified atom stereocenters. The maximum Gasteiger partial charge on any atom is 0.159 e. The van der Waals surface area contributed by atoms with E-state index in [0.29, 0.717) is 29.6 Å². The van der Waals surface area contributed by atoms with Crippen molar-refractivity contribution in [1.82, 2.24) is 9.97 Å². The third-order valence-electron chi connectivity index (χ3n) is 2.74. The van der Waals surface area contributed by atoms with Crippen molar-refractivity contribution in [2.24, 2.45) is 0 Å². The summed E-state index contributed by atoms with van der Waals surface area (Å²) in [6, 6.07) is 3.76. The number of hydrogen-bond donors (Lipinski definition) is 2. The molecule has 0 fully saturated rings. The molecule has 0 spiro atoms. The van der Waals surface area contributed by atoms with E-state index in [4.69, 9.17) is 5.73 Å². The maximum atomic E-state index is 13.1. The average molecular weight is 264 g/mol. The van der Waals surface area contributed by atoms with E-state index in [1.165, 1.54) is 6.07 Å². The van der Waals surface area contributed by atoms with Crippen molar-refractivity contribution in [3.8, 4) is 0 Å². The molecule has 3 N–H and O–H groups in total. The molecule has 0 aliphatic heterocycles. The van der Waals surface area contributed by atoms with Crippen LogP contribution < -0.4 is 11.1 Å². The number of nitrogen functional groups attached to an aromatic ring is 1. The summed E-state index contributed by atoms with van der Waals surface area (Å²) >= 11 is 0. The zero-order chi connectivity index (χ0) is 14.0. The number of rotatable bonds is 3. The highest BCUT2D eigenvalue weighted by Crippen LogP contribution is 2.18. The molecule has 0 saturated heterocycles. The molecule has 0 aliphatic rings. The topological polar surface area (TPSA) is 63.8 Å². The summed E-state index contributed by atoms with van der Waals surface area (Å²) in [4.78, 5) is 8.25. The summed E-state index contributed by atoms with van der Waals surface area (Å²) in [6.45, 7) is 3.86. The van der Waals surface area contributed by atoms with Crippen molar-refractivity contribution in [2.45, 2.75) is 20.4 Å². The summed E-state index contributed by atoms with van der Waals surface area (Å²) in [7, 11) is 0. The molecule has 1 aromatic carbocycles. The number of nitrogens with two attached hydrogens (primary N) is 1. The van der Waals surface area contributed by atoms with Crippen LogP contribution in [-0.2, 0) is 6.54 Å². The molecule has 0 amide bonds. The van der Waals surface area contributed by atoms with Gasteiger partial charge >= 0.3 is 0 Å². The summed E-state index contributed by atoms with van der Waals surface area (Å²) < 4.78 is 25.9. The molecule has 0 saturated carbocycles. The lowest BCUT2D eigenvalue weighted by Crippen LogP contribution is -2.08. The summed E-state index contributed by atoms with van der Waals surface area (Å²) in [5.41, 5.74) is 7.08. The number of aromatic nitrogens is 2. The summed E-state index contributed by atoms with van der Waals surface area (Å²) in [6.07, 6.45) is 0. The molecule has 100 valence electrons. The number of nitrogens with zero attached hydrogens (tertiary/aromatic N) is 2. The molecule has 0 atom stereocenters. The van der Waals surface area contributed by atoms with Crippen LogP contribution in [0.25, 0.3) is 0 Å². The minimum atomic E-state index is -0.866. The minimum Gasteiger partial charge on any atom is -0.383 e. The second-order valence-electron chi connectivity index (χ2n) is 4.23. The van der Waals surface area contributed by atoms with E-state index in [0.717, 1.165) is 17.7 Å². The van der Waals surface area contributed by atoms with Crippen molar-refractivity contribution >= 4 is 11.6 Å². The van der Waals surface area contributed by atoms with Gasteiger partial charge in [-0.05, 0) is 31.5 Å². The van der Waals surface area contributed by atoms with Crippen LogP contribution in [0.4, 0.5) is 20.4 Å². The van der Waals surface area contributed by atoms with Crippen LogP contribution in [-0.4, -0.2) is 9.97 Å². The third kappa shape index (κ3) is 2.96. The van der Waals surface area contributed by atoms with E-state index in [2.05, 4.69) is 15.3 Å². The van der Waals surface area contributed by atoms with Crippen LogP contribution in [0.2, 0.25) is 0 Å². The lowest BCUT2D eigenvalue weighted by molar-refractivity contribution is 0.507. The molecule has 4 nitrogen and oxygen atoms in total. The average Bonchev–Trinajstić information content (AvgIpc) is 2.36. The van der Waals surface area contributed by atoms with E-state index in [-0.39, 0.29) is 0 Å². The minimum absolute atomic E-state index is 0.327. The highest BCUT2D eigenvalue weighted by atomic mass is 19.2. The van der Waals surface area contributed by atoms with Gasteiger partial charge in [-0.1, -0.05) is 6.07 Å². The van der Waals surface area contributed by atoms with Crippen LogP contribution >= 0.6 is 0 Å². The highest BCUT2D eigenvalue weighted by molar-refractivity contribution is 5.54. The van der Waals surface area contributed by atoms with E-state index in [1.807, 2.05) is 0 Å².